The summed E-state index contributed by atoms with van der Waals surface area (Å²) in [7, 11) is 0. The summed E-state index contributed by atoms with van der Waals surface area (Å²) in [5.74, 6) is -2.18. The van der Waals surface area contributed by atoms with Crippen molar-refractivity contribution in [3.05, 3.63) is 68.4 Å². The zero-order valence-corrected chi connectivity index (χ0v) is 17.0. The van der Waals surface area contributed by atoms with Crippen molar-refractivity contribution < 1.29 is 13.6 Å². The van der Waals surface area contributed by atoms with Gasteiger partial charge in [0.2, 0.25) is 0 Å². The number of halogens is 2. The summed E-state index contributed by atoms with van der Waals surface area (Å²) in [6.45, 7) is 5.74. The molecule has 1 amide bonds. The van der Waals surface area contributed by atoms with Gasteiger partial charge in [-0.25, -0.2) is 18.4 Å². The van der Waals surface area contributed by atoms with E-state index in [1.165, 1.54) is 34.2 Å². The molecule has 9 heteroatoms. The molecule has 0 saturated carbocycles. The van der Waals surface area contributed by atoms with Crippen molar-refractivity contribution in [1.82, 2.24) is 20.1 Å². The normalized spacial score (nSPS) is 12.2. The minimum absolute atomic E-state index is 0.0211. The third-order valence-electron chi connectivity index (χ3n) is 4.52. The Kier molecular flexibility index (Phi) is 6.17. The first-order valence-corrected chi connectivity index (χ1v) is 9.88. The van der Waals surface area contributed by atoms with E-state index in [0.29, 0.717) is 21.8 Å². The average Bonchev–Trinajstić information content (AvgIpc) is 3.11. The quantitative estimate of drug-likeness (QED) is 0.666. The molecule has 0 aliphatic carbocycles. The van der Waals surface area contributed by atoms with Crippen LogP contribution in [0.3, 0.4) is 0 Å². The van der Waals surface area contributed by atoms with Crippen molar-refractivity contribution in [2.45, 2.75) is 33.4 Å². The van der Waals surface area contributed by atoms with Gasteiger partial charge in [-0.2, -0.15) is 5.10 Å². The van der Waals surface area contributed by atoms with Crippen LogP contribution in [-0.4, -0.2) is 26.7 Å². The van der Waals surface area contributed by atoms with E-state index in [1.54, 1.807) is 12.4 Å². The van der Waals surface area contributed by atoms with Crippen LogP contribution in [0.1, 0.15) is 29.2 Å². The summed E-state index contributed by atoms with van der Waals surface area (Å²) in [6, 6.07) is 5.83. The fourth-order valence-corrected chi connectivity index (χ4v) is 3.46. The second-order valence-electron chi connectivity index (χ2n) is 6.96. The maximum atomic E-state index is 13.5. The summed E-state index contributed by atoms with van der Waals surface area (Å²) in [5, 5.41) is 7.21. The molecule has 152 valence electrons. The van der Waals surface area contributed by atoms with Crippen LogP contribution >= 0.6 is 11.3 Å². The fourth-order valence-electron chi connectivity index (χ4n) is 2.75. The van der Waals surface area contributed by atoms with Gasteiger partial charge in [-0.05, 0) is 37.1 Å². The second kappa shape index (κ2) is 8.60. The largest absolute Gasteiger partial charge is 0.346 e. The third-order valence-corrected chi connectivity index (χ3v) is 5.45. The molecule has 0 saturated heterocycles. The van der Waals surface area contributed by atoms with E-state index in [1.807, 2.05) is 13.8 Å². The second-order valence-corrected chi connectivity index (χ2v) is 7.81. The molecule has 2 heterocycles. The minimum atomic E-state index is -0.991. The van der Waals surface area contributed by atoms with Crippen molar-refractivity contribution in [3.63, 3.8) is 0 Å². The Bertz CT molecular complexity index is 1090. The minimum Gasteiger partial charge on any atom is -0.346 e. The molecule has 0 spiro atoms. The van der Waals surface area contributed by atoms with E-state index in [9.17, 15) is 18.4 Å². The Balaban J connectivity index is 1.86. The Morgan fingerprint density at radius 3 is 2.59 bits per heavy atom. The lowest BCUT2D eigenvalue weighted by molar-refractivity contribution is 0.0922. The number of carbonyl (C=O) groups is 1. The van der Waals surface area contributed by atoms with Gasteiger partial charge in [0.25, 0.3) is 11.5 Å². The maximum absolute atomic E-state index is 13.5. The molecule has 3 aromatic rings. The van der Waals surface area contributed by atoms with Gasteiger partial charge in [0.05, 0.1) is 29.5 Å². The van der Waals surface area contributed by atoms with E-state index in [2.05, 4.69) is 15.4 Å². The number of amides is 1. The van der Waals surface area contributed by atoms with Crippen LogP contribution in [0.5, 0.6) is 0 Å². The van der Waals surface area contributed by atoms with Crippen molar-refractivity contribution in [2.75, 3.05) is 0 Å². The molecular formula is C20H20F2N4O2S. The average molecular weight is 418 g/mol. The first kappa shape index (κ1) is 20.8. The molecule has 29 heavy (non-hydrogen) atoms. The van der Waals surface area contributed by atoms with Crippen LogP contribution in [0.25, 0.3) is 11.3 Å². The molecule has 0 fully saturated rings. The van der Waals surface area contributed by atoms with Gasteiger partial charge in [-0.1, -0.05) is 13.8 Å². The van der Waals surface area contributed by atoms with Gasteiger partial charge in [0.1, 0.15) is 4.88 Å². The summed E-state index contributed by atoms with van der Waals surface area (Å²) >= 11 is 1.25. The Labute approximate surface area is 170 Å². The number of thiazole rings is 1. The van der Waals surface area contributed by atoms with E-state index >= 15 is 0 Å². The van der Waals surface area contributed by atoms with Gasteiger partial charge in [-0.15, -0.1) is 11.3 Å². The molecule has 3 rings (SSSR count). The molecule has 1 atom stereocenters. The molecule has 0 aliphatic heterocycles. The molecule has 1 aromatic carbocycles. The van der Waals surface area contributed by atoms with Crippen molar-refractivity contribution >= 4 is 17.2 Å². The number of rotatable bonds is 6. The van der Waals surface area contributed by atoms with Crippen LogP contribution in [0.2, 0.25) is 0 Å². The number of nitrogens with zero attached hydrogens (tertiary/aromatic N) is 3. The third kappa shape index (κ3) is 4.73. The molecule has 1 N–H and O–H groups in total. The highest BCUT2D eigenvalue weighted by Crippen LogP contribution is 2.19. The number of aromatic nitrogens is 3. The summed E-state index contributed by atoms with van der Waals surface area (Å²) in [5.41, 5.74) is 2.57. The van der Waals surface area contributed by atoms with Gasteiger partial charge < -0.3 is 5.32 Å². The van der Waals surface area contributed by atoms with Crippen molar-refractivity contribution in [1.29, 1.82) is 0 Å². The van der Waals surface area contributed by atoms with Gasteiger partial charge in [0, 0.05) is 11.6 Å². The first-order chi connectivity index (χ1) is 13.8. The molecular weight excluding hydrogens is 398 g/mol. The Morgan fingerprint density at radius 2 is 1.97 bits per heavy atom. The molecule has 0 unspecified atom stereocenters. The van der Waals surface area contributed by atoms with Crippen LogP contribution in [0, 0.1) is 24.5 Å². The standard InChI is InChI=1S/C20H20F2N4O2S/c1-11(2)17(24-20(28)19-12(3)23-10-29-19)9-26-18(27)7-6-16(25-26)13-4-5-14(21)15(22)8-13/h4-8,10-11,17H,9H2,1-3H3,(H,24,28)/t17-/m1/s1. The van der Waals surface area contributed by atoms with Crippen LogP contribution < -0.4 is 10.9 Å². The highest BCUT2D eigenvalue weighted by Gasteiger charge is 2.21. The predicted molar refractivity (Wildman–Crippen MR) is 107 cm³/mol. The number of carbonyl (C=O) groups excluding carboxylic acids is 1. The number of benzene rings is 1. The number of hydrogen-bond acceptors (Lipinski definition) is 5. The van der Waals surface area contributed by atoms with Crippen molar-refractivity contribution in [3.8, 4) is 11.3 Å². The Hall–Kier alpha value is -2.94. The van der Waals surface area contributed by atoms with Crippen LogP contribution in [0.4, 0.5) is 8.78 Å². The lowest BCUT2D eigenvalue weighted by Crippen LogP contribution is -2.43. The van der Waals surface area contributed by atoms with Crippen molar-refractivity contribution in [2.24, 2.45) is 5.92 Å². The highest BCUT2D eigenvalue weighted by atomic mass is 32.1. The lowest BCUT2D eigenvalue weighted by atomic mass is 10.0. The fraction of sp³-hybridized carbons (Fsp3) is 0.300. The zero-order chi connectivity index (χ0) is 21.1. The van der Waals surface area contributed by atoms with E-state index < -0.39 is 11.6 Å². The van der Waals surface area contributed by atoms with E-state index in [0.717, 1.165) is 12.1 Å². The summed E-state index contributed by atoms with van der Waals surface area (Å²) < 4.78 is 28.0. The molecule has 0 aliphatic rings. The summed E-state index contributed by atoms with van der Waals surface area (Å²) in [4.78, 5) is 29.4. The van der Waals surface area contributed by atoms with E-state index in [4.69, 9.17) is 0 Å². The van der Waals surface area contributed by atoms with Gasteiger partial charge in [0.15, 0.2) is 11.6 Å². The molecule has 0 radical (unpaired) electrons. The van der Waals surface area contributed by atoms with Crippen LogP contribution in [-0.2, 0) is 6.54 Å². The highest BCUT2D eigenvalue weighted by molar-refractivity contribution is 7.11. The monoisotopic (exact) mass is 418 g/mol. The first-order valence-electron chi connectivity index (χ1n) is 9.00. The summed E-state index contributed by atoms with van der Waals surface area (Å²) in [6.07, 6.45) is 0. The smallest absolute Gasteiger partial charge is 0.266 e. The van der Waals surface area contributed by atoms with Crippen LogP contribution in [0.15, 0.2) is 40.6 Å². The molecule has 0 bridgehead atoms. The number of aryl methyl sites for hydroxylation is 1. The zero-order valence-electron chi connectivity index (χ0n) is 16.1. The van der Waals surface area contributed by atoms with E-state index in [-0.39, 0.29) is 30.0 Å². The lowest BCUT2D eigenvalue weighted by Gasteiger charge is -2.22. The number of nitrogens with one attached hydrogen (secondary N) is 1. The van der Waals surface area contributed by atoms with Gasteiger partial charge >= 0.3 is 0 Å². The molecule has 6 nitrogen and oxygen atoms in total. The van der Waals surface area contributed by atoms with Gasteiger partial charge in [-0.3, -0.25) is 9.59 Å². The maximum Gasteiger partial charge on any atom is 0.266 e. The Morgan fingerprint density at radius 1 is 1.21 bits per heavy atom. The SMILES string of the molecule is Cc1ncsc1C(=O)N[C@H](Cn1nc(-c2ccc(F)c(F)c2)ccc1=O)C(C)C. The topological polar surface area (TPSA) is 76.9 Å². The predicted octanol–water partition coefficient (Wildman–Crippen LogP) is 3.41. The molecule has 2 aromatic heterocycles. The number of hydrogen-bond donors (Lipinski definition) is 1.